The maximum atomic E-state index is 14.3. The van der Waals surface area contributed by atoms with Crippen LogP contribution in [0.3, 0.4) is 0 Å². The zero-order valence-corrected chi connectivity index (χ0v) is 22.2. The van der Waals surface area contributed by atoms with Crippen LogP contribution in [0.4, 0.5) is 28.0 Å². The number of benzene rings is 2. The molecule has 0 aromatic heterocycles. The molecule has 8 nitrogen and oxygen atoms in total. The predicted molar refractivity (Wildman–Crippen MR) is 137 cm³/mol. The van der Waals surface area contributed by atoms with Gasteiger partial charge in [0.1, 0.15) is 0 Å². The van der Waals surface area contributed by atoms with Crippen molar-refractivity contribution >= 4 is 17.7 Å². The summed E-state index contributed by atoms with van der Waals surface area (Å²) in [6, 6.07) is 7.88. The van der Waals surface area contributed by atoms with Gasteiger partial charge in [0.25, 0.3) is 5.97 Å². The highest BCUT2D eigenvalue weighted by atomic mass is 19.4. The highest BCUT2D eigenvalue weighted by molar-refractivity contribution is 5.89. The largest absolute Gasteiger partial charge is 0.493 e. The first kappa shape index (κ1) is 30.0. The van der Waals surface area contributed by atoms with Gasteiger partial charge in [0.15, 0.2) is 17.3 Å². The van der Waals surface area contributed by atoms with Crippen molar-refractivity contribution in [3.8, 4) is 11.5 Å². The van der Waals surface area contributed by atoms with Gasteiger partial charge in [0.05, 0.1) is 25.5 Å². The summed E-state index contributed by atoms with van der Waals surface area (Å²) in [5, 5.41) is 12.5. The highest BCUT2D eigenvalue weighted by Crippen LogP contribution is 2.49. The van der Waals surface area contributed by atoms with Crippen LogP contribution in [-0.4, -0.2) is 62.4 Å². The fourth-order valence-corrected chi connectivity index (χ4v) is 5.64. The fourth-order valence-electron chi connectivity index (χ4n) is 5.64. The molecule has 39 heavy (non-hydrogen) atoms. The standard InChI is InChI=1S/C25H29F4N3O3.C2H4O2/c1-32-13-16-11-17(30-23(33)31-19-6-4-5-18(22(19)26)25(27,28)29)9-10-24(16,14-32)15-7-8-20(34-2)21(12-15)35-3;1-2(3)4/h4-8,12,16-17H,9-11,13-14H2,1-3H3,(H2,30,31,33);1H3,(H,3,4)/t16-,17+,24+;/m1./s1. The van der Waals surface area contributed by atoms with Gasteiger partial charge in [-0.3, -0.25) is 4.79 Å². The molecule has 0 bridgehead atoms. The Bertz CT molecular complexity index is 1190. The molecule has 4 rings (SSSR count). The maximum absolute atomic E-state index is 14.3. The first-order chi connectivity index (χ1) is 18.3. The zero-order valence-electron chi connectivity index (χ0n) is 22.2. The summed E-state index contributed by atoms with van der Waals surface area (Å²) < 4.78 is 64.1. The van der Waals surface area contributed by atoms with Crippen molar-refractivity contribution in [3.05, 3.63) is 53.3 Å². The lowest BCUT2D eigenvalue weighted by Crippen LogP contribution is -2.48. The van der Waals surface area contributed by atoms with E-state index < -0.39 is 35.2 Å². The van der Waals surface area contributed by atoms with Crippen LogP contribution in [0.2, 0.25) is 0 Å². The van der Waals surface area contributed by atoms with Gasteiger partial charge in [-0.1, -0.05) is 12.1 Å². The predicted octanol–water partition coefficient (Wildman–Crippen LogP) is 5.13. The Balaban J connectivity index is 0.000000983. The Kier molecular flexibility index (Phi) is 9.31. The topological polar surface area (TPSA) is 100 Å². The van der Waals surface area contributed by atoms with Crippen LogP contribution >= 0.6 is 0 Å². The summed E-state index contributed by atoms with van der Waals surface area (Å²) in [7, 11) is 5.26. The first-order valence-corrected chi connectivity index (χ1v) is 12.3. The Morgan fingerprint density at radius 1 is 1.13 bits per heavy atom. The molecule has 2 aliphatic rings. The summed E-state index contributed by atoms with van der Waals surface area (Å²) in [5.41, 5.74) is -0.885. The van der Waals surface area contributed by atoms with E-state index in [1.807, 2.05) is 12.1 Å². The van der Waals surface area contributed by atoms with E-state index in [1.54, 1.807) is 14.2 Å². The number of nitrogens with one attached hydrogen (secondary N) is 2. The molecule has 1 saturated heterocycles. The minimum Gasteiger partial charge on any atom is -0.493 e. The number of urea groups is 1. The molecule has 214 valence electrons. The van der Waals surface area contributed by atoms with Crippen molar-refractivity contribution in [1.82, 2.24) is 10.2 Å². The number of aliphatic carboxylic acids is 1. The van der Waals surface area contributed by atoms with Crippen LogP contribution in [-0.2, 0) is 16.4 Å². The number of ether oxygens (including phenoxy) is 2. The highest BCUT2D eigenvalue weighted by Gasteiger charge is 2.50. The van der Waals surface area contributed by atoms with E-state index in [-0.39, 0.29) is 17.4 Å². The maximum Gasteiger partial charge on any atom is 0.419 e. The third-order valence-corrected chi connectivity index (χ3v) is 7.22. The van der Waals surface area contributed by atoms with E-state index in [1.165, 1.54) is 0 Å². The number of halogens is 4. The molecule has 1 saturated carbocycles. The number of likely N-dealkylation sites (N-methyl/N-ethyl adjacent to an activating group) is 1. The van der Waals surface area contributed by atoms with Crippen molar-refractivity contribution in [2.24, 2.45) is 5.92 Å². The van der Waals surface area contributed by atoms with E-state index in [0.717, 1.165) is 44.1 Å². The second-order valence-electron chi connectivity index (χ2n) is 9.87. The second kappa shape index (κ2) is 12.1. The number of carbonyl (C=O) groups is 2. The normalized spacial score (nSPS) is 22.7. The number of methoxy groups -OCH3 is 2. The van der Waals surface area contributed by atoms with Gasteiger partial charge in [-0.05, 0) is 62.1 Å². The summed E-state index contributed by atoms with van der Waals surface area (Å²) >= 11 is 0. The number of carboxylic acid groups (broad SMARTS) is 1. The molecule has 0 radical (unpaired) electrons. The monoisotopic (exact) mass is 555 g/mol. The molecule has 1 aliphatic carbocycles. The van der Waals surface area contributed by atoms with Crippen LogP contribution in [0.15, 0.2) is 36.4 Å². The summed E-state index contributed by atoms with van der Waals surface area (Å²) in [6.07, 6.45) is -2.67. The molecule has 2 aromatic rings. The summed E-state index contributed by atoms with van der Waals surface area (Å²) in [4.78, 5) is 23.8. The number of rotatable bonds is 5. The molecular weight excluding hydrogens is 522 g/mol. The zero-order chi connectivity index (χ0) is 29.0. The molecule has 12 heteroatoms. The van der Waals surface area contributed by atoms with Crippen molar-refractivity contribution in [2.75, 3.05) is 39.7 Å². The first-order valence-electron chi connectivity index (χ1n) is 12.3. The van der Waals surface area contributed by atoms with E-state index in [2.05, 4.69) is 28.6 Å². The molecule has 1 heterocycles. The van der Waals surface area contributed by atoms with Crippen LogP contribution in [0.1, 0.15) is 37.3 Å². The number of hydrogen-bond donors (Lipinski definition) is 3. The number of nitrogens with zero attached hydrogens (tertiary/aromatic N) is 1. The van der Waals surface area contributed by atoms with E-state index in [0.29, 0.717) is 30.4 Å². The molecule has 0 unspecified atom stereocenters. The quantitative estimate of drug-likeness (QED) is 0.443. The van der Waals surface area contributed by atoms with Gasteiger partial charge in [-0.2, -0.15) is 13.2 Å². The Hall–Kier alpha value is -3.54. The van der Waals surface area contributed by atoms with E-state index in [9.17, 15) is 22.4 Å². The lowest BCUT2D eigenvalue weighted by molar-refractivity contribution is -0.140. The molecule has 0 spiro atoms. The Morgan fingerprint density at radius 3 is 2.41 bits per heavy atom. The van der Waals surface area contributed by atoms with Gasteiger partial charge in [-0.25, -0.2) is 9.18 Å². The van der Waals surface area contributed by atoms with Gasteiger partial charge in [0.2, 0.25) is 0 Å². The van der Waals surface area contributed by atoms with Crippen molar-refractivity contribution in [2.45, 2.75) is 43.8 Å². The average molecular weight is 556 g/mol. The molecule has 2 aromatic carbocycles. The minimum atomic E-state index is -4.84. The summed E-state index contributed by atoms with van der Waals surface area (Å²) in [5.74, 6) is -0.765. The minimum absolute atomic E-state index is 0.115. The summed E-state index contributed by atoms with van der Waals surface area (Å²) in [6.45, 7) is 2.79. The fraction of sp³-hybridized carbons (Fsp3) is 0.481. The average Bonchev–Trinajstić information content (AvgIpc) is 3.20. The molecule has 3 N–H and O–H groups in total. The molecule has 1 aliphatic heterocycles. The number of hydrogen-bond acceptors (Lipinski definition) is 5. The Labute approximate surface area is 224 Å². The lowest BCUT2D eigenvalue weighted by Gasteiger charge is -2.42. The molecule has 3 atom stereocenters. The van der Waals surface area contributed by atoms with E-state index in [4.69, 9.17) is 19.4 Å². The third-order valence-electron chi connectivity index (χ3n) is 7.22. The van der Waals surface area contributed by atoms with E-state index >= 15 is 0 Å². The van der Waals surface area contributed by atoms with Crippen molar-refractivity contribution in [3.63, 3.8) is 0 Å². The van der Waals surface area contributed by atoms with Gasteiger partial charge in [0, 0.05) is 31.5 Å². The smallest absolute Gasteiger partial charge is 0.419 e. The van der Waals surface area contributed by atoms with Crippen LogP contribution in [0.5, 0.6) is 11.5 Å². The number of likely N-dealkylation sites (tertiary alicyclic amines) is 1. The number of fused-ring (bicyclic) bond motifs is 1. The third kappa shape index (κ3) is 6.92. The molecule has 2 amide bonds. The van der Waals surface area contributed by atoms with Crippen LogP contribution in [0, 0.1) is 11.7 Å². The van der Waals surface area contributed by atoms with Crippen LogP contribution in [0.25, 0.3) is 0 Å². The number of alkyl halides is 3. The van der Waals surface area contributed by atoms with Gasteiger partial charge >= 0.3 is 12.2 Å². The number of carboxylic acids is 1. The van der Waals surface area contributed by atoms with Gasteiger partial charge in [-0.15, -0.1) is 0 Å². The molecule has 2 fully saturated rings. The number of amides is 2. The van der Waals surface area contributed by atoms with Crippen molar-refractivity contribution < 1.29 is 41.7 Å². The van der Waals surface area contributed by atoms with Gasteiger partial charge < -0.3 is 30.1 Å². The van der Waals surface area contributed by atoms with Crippen molar-refractivity contribution in [1.29, 1.82) is 0 Å². The second-order valence-corrected chi connectivity index (χ2v) is 9.87. The lowest BCUT2D eigenvalue weighted by atomic mass is 9.63. The Morgan fingerprint density at radius 2 is 1.79 bits per heavy atom. The number of anilines is 1. The number of carbonyl (C=O) groups excluding carboxylic acids is 1. The van der Waals surface area contributed by atoms with Crippen LogP contribution < -0.4 is 20.1 Å². The SMILES string of the molecule is CC(=O)O.COc1ccc([C@@]23CC[C@H](NC(=O)Nc4cccc(C(F)(F)F)c4F)C[C@@H]2CN(C)C3)cc1OC. The molecular formula is C27H33F4N3O5.